The van der Waals surface area contributed by atoms with Crippen LogP contribution in [0.2, 0.25) is 0 Å². The second kappa shape index (κ2) is 10.2. The van der Waals surface area contributed by atoms with Gasteiger partial charge in [-0.25, -0.2) is 4.99 Å². The molecule has 8 heteroatoms. The second-order valence-corrected chi connectivity index (χ2v) is 9.79. The van der Waals surface area contributed by atoms with E-state index in [0.717, 1.165) is 49.4 Å². The van der Waals surface area contributed by atoms with Crippen LogP contribution in [0, 0.1) is 11.3 Å². The molecule has 2 N–H and O–H groups in total. The van der Waals surface area contributed by atoms with Crippen LogP contribution in [0.25, 0.3) is 10.9 Å². The molecule has 0 bridgehead atoms. The first-order valence-corrected chi connectivity index (χ1v) is 12.8. The number of ether oxygens (including phenoxy) is 2. The molecular formula is C30H29N5O3. The van der Waals surface area contributed by atoms with E-state index in [9.17, 15) is 10.4 Å². The number of hydrogen-bond donors (Lipinski definition) is 2. The quantitative estimate of drug-likeness (QED) is 0.388. The third-order valence-corrected chi connectivity index (χ3v) is 7.14. The molecule has 1 saturated heterocycles. The maximum atomic E-state index is 11.0. The lowest BCUT2D eigenvalue weighted by Gasteiger charge is -2.32. The Bertz CT molecular complexity index is 1540. The van der Waals surface area contributed by atoms with E-state index in [1.54, 1.807) is 12.1 Å². The van der Waals surface area contributed by atoms with Gasteiger partial charge in [0.25, 0.3) is 0 Å². The lowest BCUT2D eigenvalue weighted by atomic mass is 9.99. The predicted molar refractivity (Wildman–Crippen MR) is 147 cm³/mol. The minimum atomic E-state index is -0.00424. The summed E-state index contributed by atoms with van der Waals surface area (Å²) < 4.78 is 11.5. The van der Waals surface area contributed by atoms with Crippen molar-refractivity contribution in [3.63, 3.8) is 0 Å². The molecule has 2 aliphatic rings. The number of aliphatic imine (C=N–C) groups is 1. The van der Waals surface area contributed by atoms with E-state index in [-0.39, 0.29) is 5.88 Å². The minimum Gasteiger partial charge on any atom is -0.494 e. The third-order valence-electron chi connectivity index (χ3n) is 7.14. The summed E-state index contributed by atoms with van der Waals surface area (Å²) in [5.41, 5.74) is 5.16. The van der Waals surface area contributed by atoms with Gasteiger partial charge in [-0.3, -0.25) is 4.90 Å². The largest absolute Gasteiger partial charge is 0.494 e. The second-order valence-electron chi connectivity index (χ2n) is 9.79. The van der Waals surface area contributed by atoms with Crippen LogP contribution in [-0.4, -0.2) is 72.0 Å². The molecule has 6 rings (SSSR count). The van der Waals surface area contributed by atoms with Gasteiger partial charge in [0.15, 0.2) is 17.4 Å². The molecule has 3 aromatic carbocycles. The molecule has 0 amide bonds. The predicted octanol–water partition coefficient (Wildman–Crippen LogP) is 4.43. The van der Waals surface area contributed by atoms with E-state index in [2.05, 4.69) is 40.0 Å². The number of H-pyrrole nitrogens is 1. The molecule has 0 saturated carbocycles. The lowest BCUT2D eigenvalue weighted by molar-refractivity contribution is 0.148. The van der Waals surface area contributed by atoms with Crippen molar-refractivity contribution in [3.05, 3.63) is 82.9 Å². The van der Waals surface area contributed by atoms with Crippen molar-refractivity contribution in [1.29, 1.82) is 5.26 Å². The number of aromatic amines is 1. The van der Waals surface area contributed by atoms with Crippen LogP contribution in [0.4, 0.5) is 5.69 Å². The maximum Gasteiger partial charge on any atom is 0.199 e. The Morgan fingerprint density at radius 2 is 1.74 bits per heavy atom. The monoisotopic (exact) mass is 507 g/mol. The molecule has 0 spiro atoms. The van der Waals surface area contributed by atoms with Crippen LogP contribution in [0.5, 0.6) is 17.4 Å². The summed E-state index contributed by atoms with van der Waals surface area (Å²) in [6.45, 7) is 6.22. The van der Waals surface area contributed by atoms with E-state index >= 15 is 0 Å². The summed E-state index contributed by atoms with van der Waals surface area (Å²) in [6.07, 6.45) is 0. The van der Waals surface area contributed by atoms with Gasteiger partial charge < -0.3 is 24.5 Å². The number of likely N-dealkylation sites (N-methyl/N-ethyl adjacent to an activating group) is 1. The molecule has 8 nitrogen and oxygen atoms in total. The van der Waals surface area contributed by atoms with Crippen molar-refractivity contribution >= 4 is 22.3 Å². The highest BCUT2D eigenvalue weighted by Crippen LogP contribution is 2.36. The number of piperazine rings is 1. The van der Waals surface area contributed by atoms with Gasteiger partial charge in [-0.05, 0) is 55.1 Å². The van der Waals surface area contributed by atoms with Crippen molar-refractivity contribution < 1.29 is 14.6 Å². The third kappa shape index (κ3) is 4.82. The summed E-state index contributed by atoms with van der Waals surface area (Å²) in [5, 5.41) is 21.1. The highest BCUT2D eigenvalue weighted by Gasteiger charge is 2.22. The Morgan fingerprint density at radius 1 is 0.974 bits per heavy atom. The van der Waals surface area contributed by atoms with Crippen LogP contribution in [0.15, 0.2) is 65.7 Å². The maximum absolute atomic E-state index is 11.0. The van der Waals surface area contributed by atoms with Gasteiger partial charge in [0.2, 0.25) is 0 Å². The molecule has 1 fully saturated rings. The normalized spacial score (nSPS) is 16.5. The zero-order valence-electron chi connectivity index (χ0n) is 21.3. The number of nitrogens with zero attached hydrogens (tertiary/aromatic N) is 4. The number of hydrogen-bond acceptors (Lipinski definition) is 7. The van der Waals surface area contributed by atoms with E-state index in [1.807, 2.05) is 36.4 Å². The Balaban J connectivity index is 1.39. The number of nitriles is 1. The molecular weight excluding hydrogens is 478 g/mol. The summed E-state index contributed by atoms with van der Waals surface area (Å²) in [5.74, 6) is 1.33. The van der Waals surface area contributed by atoms with E-state index < -0.39 is 0 Å². The fourth-order valence-electron chi connectivity index (χ4n) is 5.02. The van der Waals surface area contributed by atoms with Gasteiger partial charge in [-0.1, -0.05) is 18.2 Å². The first-order chi connectivity index (χ1) is 18.6. The number of aromatic nitrogens is 1. The number of fused-ring (bicyclic) bond motifs is 2. The van der Waals surface area contributed by atoms with Crippen molar-refractivity contribution in [3.8, 4) is 23.4 Å². The van der Waals surface area contributed by atoms with Gasteiger partial charge in [0, 0.05) is 43.7 Å². The molecule has 0 radical (unpaired) electrons. The smallest absolute Gasteiger partial charge is 0.199 e. The Labute approximate surface area is 221 Å². The molecule has 0 atom stereocenters. The van der Waals surface area contributed by atoms with Crippen molar-refractivity contribution in [2.24, 2.45) is 4.99 Å². The van der Waals surface area contributed by atoms with Crippen LogP contribution in [0.3, 0.4) is 0 Å². The Hall–Kier alpha value is -4.32. The fraction of sp³-hybridized carbons (Fsp3) is 0.267. The lowest BCUT2D eigenvalue weighted by Crippen LogP contribution is -2.43. The first-order valence-electron chi connectivity index (χ1n) is 12.8. The van der Waals surface area contributed by atoms with Gasteiger partial charge in [-0.2, -0.15) is 5.26 Å². The van der Waals surface area contributed by atoms with Gasteiger partial charge in [0.05, 0.1) is 34.1 Å². The molecule has 38 heavy (non-hydrogen) atoms. The molecule has 3 heterocycles. The van der Waals surface area contributed by atoms with E-state index in [4.69, 9.17) is 14.5 Å². The summed E-state index contributed by atoms with van der Waals surface area (Å²) in [6, 6.07) is 21.4. The zero-order valence-corrected chi connectivity index (χ0v) is 21.3. The van der Waals surface area contributed by atoms with Gasteiger partial charge >= 0.3 is 0 Å². The van der Waals surface area contributed by atoms with Gasteiger partial charge in [-0.15, -0.1) is 0 Å². The van der Waals surface area contributed by atoms with Crippen LogP contribution in [0.1, 0.15) is 22.3 Å². The molecule has 192 valence electrons. The first kappa shape index (κ1) is 24.0. The standard InChI is InChI=1S/C30H29N5O3/c1-34-10-12-35(13-11-34)19-20-2-6-23(7-3-20)32-29(22-5-9-26-27(17-22)38-15-14-37-26)28-24-8-4-21(18-31)16-25(24)33-30(28)36/h2-9,16-17,33,36H,10-15,19H2,1H3. The molecule has 1 aromatic heterocycles. The molecule has 0 aliphatic carbocycles. The van der Waals surface area contributed by atoms with Gasteiger partial charge in [0.1, 0.15) is 13.2 Å². The average Bonchev–Trinajstić information content (AvgIpc) is 3.28. The summed E-state index contributed by atoms with van der Waals surface area (Å²) in [4.78, 5) is 12.9. The van der Waals surface area contributed by atoms with E-state index in [1.165, 1.54) is 5.56 Å². The molecule has 2 aliphatic heterocycles. The van der Waals surface area contributed by atoms with E-state index in [0.29, 0.717) is 47.1 Å². The number of benzene rings is 3. The van der Waals surface area contributed by atoms with Crippen LogP contribution in [-0.2, 0) is 6.54 Å². The molecule has 0 unspecified atom stereocenters. The number of rotatable bonds is 5. The molecule has 4 aromatic rings. The Morgan fingerprint density at radius 3 is 2.50 bits per heavy atom. The fourth-order valence-corrected chi connectivity index (χ4v) is 5.02. The van der Waals surface area contributed by atoms with Crippen molar-refractivity contribution in [2.45, 2.75) is 6.54 Å². The van der Waals surface area contributed by atoms with Crippen molar-refractivity contribution in [1.82, 2.24) is 14.8 Å². The van der Waals surface area contributed by atoms with Crippen LogP contribution < -0.4 is 9.47 Å². The highest BCUT2D eigenvalue weighted by atomic mass is 16.6. The SMILES string of the molecule is CN1CCN(Cc2ccc(N=C(c3ccc4c(c3)OCCO4)c3c(O)[nH]c4cc(C#N)ccc34)cc2)CC1. The summed E-state index contributed by atoms with van der Waals surface area (Å²) >= 11 is 0. The number of aromatic hydroxyl groups is 1. The highest BCUT2D eigenvalue weighted by molar-refractivity contribution is 6.22. The van der Waals surface area contributed by atoms with Crippen molar-refractivity contribution in [2.75, 3.05) is 46.4 Å². The topological polar surface area (TPSA) is 97.1 Å². The van der Waals surface area contributed by atoms with Crippen LogP contribution >= 0.6 is 0 Å². The average molecular weight is 508 g/mol. The minimum absolute atomic E-state index is 0.00424. The Kier molecular flexibility index (Phi) is 6.46. The summed E-state index contributed by atoms with van der Waals surface area (Å²) in [7, 11) is 2.16. The number of nitrogens with one attached hydrogen (secondary N) is 1. The zero-order chi connectivity index (χ0) is 26.1.